The Hall–Kier alpha value is -3.10. The first-order valence-electron chi connectivity index (χ1n) is 11.7. The van der Waals surface area contributed by atoms with Crippen molar-refractivity contribution in [3.8, 4) is 11.3 Å². The van der Waals surface area contributed by atoms with Crippen LogP contribution in [0.2, 0.25) is 0 Å². The molecule has 34 heavy (non-hydrogen) atoms. The molecule has 1 aromatic carbocycles. The van der Waals surface area contributed by atoms with Crippen LogP contribution in [0.4, 0.5) is 4.39 Å². The van der Waals surface area contributed by atoms with Crippen molar-refractivity contribution >= 4 is 5.65 Å². The smallest absolute Gasteiger partial charge is 0.261 e. The summed E-state index contributed by atoms with van der Waals surface area (Å²) in [5.41, 5.74) is 3.53. The van der Waals surface area contributed by atoms with E-state index in [2.05, 4.69) is 4.98 Å². The average molecular weight is 466 g/mol. The molecule has 5 rings (SSSR count). The van der Waals surface area contributed by atoms with Gasteiger partial charge >= 0.3 is 0 Å². The van der Waals surface area contributed by atoms with Gasteiger partial charge in [0.1, 0.15) is 23.9 Å². The SMILES string of the molecule is Cc1nc2c(-c3ccc(F)cc3)nc(C3C=C(COC4CCCCO4)OCC3)cn2c(=O)c1C. The van der Waals surface area contributed by atoms with Gasteiger partial charge in [-0.05, 0) is 69.9 Å². The van der Waals surface area contributed by atoms with Crippen molar-refractivity contribution in [2.75, 3.05) is 19.8 Å². The predicted octanol–water partition coefficient (Wildman–Crippen LogP) is 4.44. The van der Waals surface area contributed by atoms with E-state index in [0.717, 1.165) is 43.7 Å². The van der Waals surface area contributed by atoms with E-state index in [0.29, 0.717) is 41.4 Å². The van der Waals surface area contributed by atoms with Gasteiger partial charge in [0.15, 0.2) is 11.9 Å². The van der Waals surface area contributed by atoms with Crippen LogP contribution in [-0.4, -0.2) is 40.5 Å². The monoisotopic (exact) mass is 465 g/mol. The maximum absolute atomic E-state index is 13.6. The van der Waals surface area contributed by atoms with Crippen LogP contribution in [-0.2, 0) is 14.2 Å². The Balaban J connectivity index is 1.53. The minimum absolute atomic E-state index is 0.0586. The number of nitrogens with zero attached hydrogens (tertiary/aromatic N) is 3. The molecule has 4 heterocycles. The normalized spacial score (nSPS) is 20.7. The summed E-state index contributed by atoms with van der Waals surface area (Å²) in [5, 5.41) is 0. The number of allylic oxidation sites excluding steroid dienone is 1. The van der Waals surface area contributed by atoms with E-state index >= 15 is 0 Å². The molecule has 0 radical (unpaired) electrons. The first-order chi connectivity index (χ1) is 16.5. The minimum atomic E-state index is -0.333. The molecular weight excluding hydrogens is 437 g/mol. The molecule has 1 saturated heterocycles. The van der Waals surface area contributed by atoms with Gasteiger partial charge in [-0.2, -0.15) is 0 Å². The molecule has 2 atom stereocenters. The second-order valence-corrected chi connectivity index (χ2v) is 8.83. The topological polar surface area (TPSA) is 75.0 Å². The number of hydrogen-bond donors (Lipinski definition) is 0. The molecular formula is C26H28FN3O4. The fourth-order valence-corrected chi connectivity index (χ4v) is 4.35. The van der Waals surface area contributed by atoms with E-state index in [1.165, 1.54) is 12.1 Å². The highest BCUT2D eigenvalue weighted by Crippen LogP contribution is 2.30. The molecule has 0 amide bonds. The summed E-state index contributed by atoms with van der Waals surface area (Å²) in [7, 11) is 0. The van der Waals surface area contributed by atoms with Crippen molar-refractivity contribution in [3.05, 3.63) is 75.4 Å². The van der Waals surface area contributed by atoms with Gasteiger partial charge < -0.3 is 14.2 Å². The summed E-state index contributed by atoms with van der Waals surface area (Å²) < 4.78 is 32.5. The maximum Gasteiger partial charge on any atom is 0.261 e. The van der Waals surface area contributed by atoms with Crippen LogP contribution in [0, 0.1) is 19.7 Å². The van der Waals surface area contributed by atoms with Crippen molar-refractivity contribution in [1.29, 1.82) is 0 Å². The lowest BCUT2D eigenvalue weighted by molar-refractivity contribution is -0.162. The van der Waals surface area contributed by atoms with E-state index < -0.39 is 0 Å². The molecule has 3 aromatic rings. The quantitative estimate of drug-likeness (QED) is 0.555. The van der Waals surface area contributed by atoms with Gasteiger partial charge in [0.25, 0.3) is 5.56 Å². The number of benzene rings is 1. The molecule has 2 aliphatic heterocycles. The summed E-state index contributed by atoms with van der Waals surface area (Å²) in [5.74, 6) is 0.346. The molecule has 2 unspecified atom stereocenters. The third-order valence-corrected chi connectivity index (χ3v) is 6.45. The Morgan fingerprint density at radius 3 is 2.71 bits per heavy atom. The fraction of sp³-hybridized carbons (Fsp3) is 0.423. The molecule has 0 N–H and O–H groups in total. The molecule has 0 aliphatic carbocycles. The number of ether oxygens (including phenoxy) is 3. The van der Waals surface area contributed by atoms with Gasteiger partial charge in [0, 0.05) is 35.5 Å². The molecule has 8 heteroatoms. The van der Waals surface area contributed by atoms with Gasteiger partial charge in [-0.25, -0.2) is 14.4 Å². The largest absolute Gasteiger partial charge is 0.496 e. The summed E-state index contributed by atoms with van der Waals surface area (Å²) in [6, 6.07) is 6.09. The molecule has 0 saturated carbocycles. The highest BCUT2D eigenvalue weighted by molar-refractivity contribution is 5.74. The van der Waals surface area contributed by atoms with Crippen molar-refractivity contribution < 1.29 is 18.6 Å². The van der Waals surface area contributed by atoms with E-state index in [1.807, 2.05) is 13.0 Å². The minimum Gasteiger partial charge on any atom is -0.496 e. The summed E-state index contributed by atoms with van der Waals surface area (Å²) >= 11 is 0. The van der Waals surface area contributed by atoms with Crippen molar-refractivity contribution in [2.45, 2.75) is 51.7 Å². The number of fused-ring (bicyclic) bond motifs is 1. The van der Waals surface area contributed by atoms with E-state index in [9.17, 15) is 9.18 Å². The lowest BCUT2D eigenvalue weighted by Crippen LogP contribution is -2.25. The van der Waals surface area contributed by atoms with Crippen molar-refractivity contribution in [3.63, 3.8) is 0 Å². The predicted molar refractivity (Wildman–Crippen MR) is 125 cm³/mol. The first kappa shape index (κ1) is 22.7. The van der Waals surface area contributed by atoms with Crippen LogP contribution >= 0.6 is 0 Å². The fourth-order valence-electron chi connectivity index (χ4n) is 4.35. The van der Waals surface area contributed by atoms with Crippen LogP contribution in [0.5, 0.6) is 0 Å². The first-order valence-corrected chi connectivity index (χ1v) is 11.7. The van der Waals surface area contributed by atoms with E-state index in [1.54, 1.807) is 29.7 Å². The zero-order chi connectivity index (χ0) is 23.7. The molecule has 178 valence electrons. The summed E-state index contributed by atoms with van der Waals surface area (Å²) in [4.78, 5) is 22.7. The van der Waals surface area contributed by atoms with Crippen LogP contribution in [0.1, 0.15) is 48.6 Å². The summed E-state index contributed by atoms with van der Waals surface area (Å²) in [6.45, 7) is 5.16. The number of halogens is 1. The highest BCUT2D eigenvalue weighted by atomic mass is 19.1. The Kier molecular flexibility index (Phi) is 6.43. The van der Waals surface area contributed by atoms with Gasteiger partial charge in [0.2, 0.25) is 0 Å². The summed E-state index contributed by atoms with van der Waals surface area (Å²) in [6.07, 6.45) is 7.35. The Morgan fingerprint density at radius 2 is 1.94 bits per heavy atom. The van der Waals surface area contributed by atoms with E-state index in [-0.39, 0.29) is 23.6 Å². The third-order valence-electron chi connectivity index (χ3n) is 6.45. The maximum atomic E-state index is 13.6. The average Bonchev–Trinajstić information content (AvgIpc) is 2.87. The molecule has 0 spiro atoms. The van der Waals surface area contributed by atoms with Crippen LogP contribution in [0.15, 0.2) is 47.1 Å². The van der Waals surface area contributed by atoms with Crippen LogP contribution < -0.4 is 5.56 Å². The lowest BCUT2D eigenvalue weighted by Gasteiger charge is -2.26. The van der Waals surface area contributed by atoms with Crippen molar-refractivity contribution in [1.82, 2.24) is 14.4 Å². The Labute approximate surface area is 197 Å². The molecule has 2 aliphatic rings. The van der Waals surface area contributed by atoms with Crippen LogP contribution in [0.3, 0.4) is 0 Å². The van der Waals surface area contributed by atoms with Gasteiger partial charge in [0.05, 0.1) is 12.3 Å². The molecule has 1 fully saturated rings. The van der Waals surface area contributed by atoms with Crippen LogP contribution in [0.25, 0.3) is 16.9 Å². The zero-order valence-corrected chi connectivity index (χ0v) is 19.4. The zero-order valence-electron chi connectivity index (χ0n) is 19.4. The standard InChI is InChI=1S/C26H28FN3O4/c1-16-17(2)28-25-24(18-6-8-20(27)9-7-18)29-22(14-30(25)26(16)31)19-10-12-32-21(13-19)15-34-23-5-3-4-11-33-23/h6-9,13-14,19,23H,3-5,10-12,15H2,1-2H3. The van der Waals surface area contributed by atoms with Gasteiger partial charge in [-0.15, -0.1) is 0 Å². The highest BCUT2D eigenvalue weighted by Gasteiger charge is 2.23. The Bertz CT molecular complexity index is 1280. The van der Waals surface area contributed by atoms with Crippen molar-refractivity contribution in [2.24, 2.45) is 0 Å². The second-order valence-electron chi connectivity index (χ2n) is 8.83. The van der Waals surface area contributed by atoms with Gasteiger partial charge in [-0.1, -0.05) is 0 Å². The molecule has 0 bridgehead atoms. The number of aryl methyl sites for hydroxylation is 1. The third kappa shape index (κ3) is 4.60. The van der Waals surface area contributed by atoms with Gasteiger partial charge in [-0.3, -0.25) is 9.20 Å². The second kappa shape index (κ2) is 9.64. The van der Waals surface area contributed by atoms with E-state index in [4.69, 9.17) is 19.2 Å². The number of rotatable bonds is 5. The Morgan fingerprint density at radius 1 is 1.12 bits per heavy atom. The number of aromatic nitrogens is 3. The molecule has 2 aromatic heterocycles. The lowest BCUT2D eigenvalue weighted by atomic mass is 9.98. The molecule has 7 nitrogen and oxygen atoms in total. The number of hydrogen-bond acceptors (Lipinski definition) is 6.